The number of benzene rings is 1. The third-order valence-corrected chi connectivity index (χ3v) is 8.95. The van der Waals surface area contributed by atoms with Crippen LogP contribution < -0.4 is 14.8 Å². The normalized spacial score (nSPS) is 16.7. The third-order valence-electron chi connectivity index (χ3n) is 5.14. The van der Waals surface area contributed by atoms with Crippen molar-refractivity contribution in [1.82, 2.24) is 9.47 Å². The van der Waals surface area contributed by atoms with Crippen LogP contribution in [0.1, 0.15) is 19.6 Å². The van der Waals surface area contributed by atoms with Gasteiger partial charge in [-0.15, -0.1) is 22.7 Å². The number of furan rings is 1. The summed E-state index contributed by atoms with van der Waals surface area (Å²) >= 11 is 9.56. The molecule has 1 fully saturated rings. The maximum atomic E-state index is 13.0. The lowest BCUT2D eigenvalue weighted by atomic mass is 10.2. The van der Waals surface area contributed by atoms with Crippen LogP contribution in [0.15, 0.2) is 51.7 Å². The number of fused-ring (bicyclic) bond motifs is 1. The first-order chi connectivity index (χ1) is 15.5. The number of amides is 1. The van der Waals surface area contributed by atoms with Gasteiger partial charge in [0, 0.05) is 36.2 Å². The molecule has 162 valence electrons. The van der Waals surface area contributed by atoms with Crippen LogP contribution >= 0.6 is 46.7 Å². The van der Waals surface area contributed by atoms with Crippen LogP contribution in [0, 0.1) is 0 Å². The Morgan fingerprint density at radius 2 is 1.84 bits per heavy atom. The van der Waals surface area contributed by atoms with E-state index in [9.17, 15) is 9.59 Å². The van der Waals surface area contributed by atoms with Crippen molar-refractivity contribution in [1.29, 1.82) is 0 Å². The molecule has 4 heterocycles. The Morgan fingerprint density at radius 1 is 1.06 bits per heavy atom. The van der Waals surface area contributed by atoms with Crippen LogP contribution in [0.25, 0.3) is 31.7 Å². The van der Waals surface area contributed by atoms with E-state index in [1.807, 2.05) is 44.2 Å². The highest BCUT2D eigenvalue weighted by Crippen LogP contribution is 2.35. The van der Waals surface area contributed by atoms with E-state index >= 15 is 0 Å². The summed E-state index contributed by atoms with van der Waals surface area (Å²) in [5.74, 6) is 0.490. The van der Waals surface area contributed by atoms with Gasteiger partial charge in [-0.2, -0.15) is 0 Å². The highest BCUT2D eigenvalue weighted by Gasteiger charge is 2.32. The molecule has 5 rings (SSSR count). The second-order valence-electron chi connectivity index (χ2n) is 7.07. The summed E-state index contributed by atoms with van der Waals surface area (Å²) in [6.45, 7) is 4.78. The molecule has 32 heavy (non-hydrogen) atoms. The lowest BCUT2D eigenvalue weighted by molar-refractivity contribution is -0.120. The van der Waals surface area contributed by atoms with Crippen molar-refractivity contribution < 1.29 is 9.21 Å². The molecule has 0 saturated carbocycles. The Hall–Kier alpha value is -2.46. The second kappa shape index (κ2) is 8.47. The summed E-state index contributed by atoms with van der Waals surface area (Å²) < 4.78 is 10.4. The van der Waals surface area contributed by atoms with Gasteiger partial charge in [0.1, 0.15) is 25.2 Å². The molecule has 0 aliphatic carbocycles. The van der Waals surface area contributed by atoms with Gasteiger partial charge in [0.2, 0.25) is 0 Å². The van der Waals surface area contributed by atoms with Crippen LogP contribution in [-0.4, -0.2) is 26.2 Å². The fourth-order valence-electron chi connectivity index (χ4n) is 3.57. The molecule has 0 spiro atoms. The predicted octanol–water partition coefficient (Wildman–Crippen LogP) is 4.22. The van der Waals surface area contributed by atoms with Crippen molar-refractivity contribution in [3.63, 3.8) is 0 Å². The highest BCUT2D eigenvalue weighted by molar-refractivity contribution is 8.30. The first kappa shape index (κ1) is 21.4. The van der Waals surface area contributed by atoms with Crippen LogP contribution in [-0.2, 0) is 11.3 Å². The van der Waals surface area contributed by atoms with E-state index in [0.717, 1.165) is 20.7 Å². The molecule has 1 aliphatic heterocycles. The van der Waals surface area contributed by atoms with E-state index in [1.165, 1.54) is 23.1 Å². The zero-order valence-electron chi connectivity index (χ0n) is 17.3. The average molecular weight is 499 g/mol. The third kappa shape index (κ3) is 3.59. The number of carbonyl (C=O) groups excluding carboxylic acids is 1. The van der Waals surface area contributed by atoms with Crippen LogP contribution in [0.2, 0.25) is 0 Å². The molecular weight excluding hydrogens is 481 g/mol. The zero-order valence-corrected chi connectivity index (χ0v) is 20.6. The Morgan fingerprint density at radius 3 is 2.50 bits per heavy atom. The van der Waals surface area contributed by atoms with E-state index in [-0.39, 0.29) is 11.5 Å². The molecule has 0 N–H and O–H groups in total. The largest absolute Gasteiger partial charge is 0.456 e. The lowest BCUT2D eigenvalue weighted by Gasteiger charge is -2.09. The number of aromatic nitrogens is 1. The number of hydrogen-bond acceptors (Lipinski definition) is 7. The Labute approximate surface area is 201 Å². The minimum atomic E-state index is -0.135. The number of thioether (sulfide) groups is 1. The number of carbonyl (C=O) groups is 1. The predicted molar refractivity (Wildman–Crippen MR) is 138 cm³/mol. The molecule has 4 aromatic rings. The quantitative estimate of drug-likeness (QED) is 0.395. The van der Waals surface area contributed by atoms with Gasteiger partial charge in [-0.1, -0.05) is 54.3 Å². The fourth-order valence-corrected chi connectivity index (χ4v) is 7.29. The van der Waals surface area contributed by atoms with Crippen molar-refractivity contribution in [2.24, 2.45) is 0 Å². The maximum Gasteiger partial charge on any atom is 0.269 e. The number of thiazole rings is 1. The molecule has 5 nitrogen and oxygen atoms in total. The summed E-state index contributed by atoms with van der Waals surface area (Å²) in [4.78, 5) is 29.0. The fraction of sp³-hybridized carbons (Fsp3) is 0.174. The monoisotopic (exact) mass is 498 g/mol. The minimum Gasteiger partial charge on any atom is -0.456 e. The minimum absolute atomic E-state index is 0.126. The van der Waals surface area contributed by atoms with Crippen molar-refractivity contribution in [2.75, 3.05) is 6.54 Å². The second-order valence-corrected chi connectivity index (χ2v) is 10.8. The molecule has 0 unspecified atom stereocenters. The Bertz CT molecular complexity index is 1510. The molecule has 0 bridgehead atoms. The molecule has 1 amide bonds. The van der Waals surface area contributed by atoms with Gasteiger partial charge in [-0.3, -0.25) is 19.1 Å². The van der Waals surface area contributed by atoms with E-state index in [1.54, 1.807) is 26.9 Å². The molecule has 1 aromatic carbocycles. The summed E-state index contributed by atoms with van der Waals surface area (Å²) in [5, 5.41) is 0. The summed E-state index contributed by atoms with van der Waals surface area (Å²) in [6.07, 6.45) is 1.76. The molecule has 9 heteroatoms. The molecule has 1 aliphatic rings. The van der Waals surface area contributed by atoms with Crippen LogP contribution in [0.4, 0.5) is 0 Å². The molecule has 0 atom stereocenters. The smallest absolute Gasteiger partial charge is 0.269 e. The number of hydrogen-bond donors (Lipinski definition) is 0. The average Bonchev–Trinajstić information content (AvgIpc) is 3.50. The van der Waals surface area contributed by atoms with Crippen molar-refractivity contribution in [2.45, 2.75) is 20.4 Å². The standard InChI is InChI=1S/C23H18N2O3S4/c1-3-24-20(26)18(31-22(24)19-21(27)25(4-2)23(29)32-19)11-14-10-17-15(28-14)12-16(30-17)13-8-6-5-7-9-13/h5-12H,3-4H2,1-2H3/b18-11+,22-19+. The lowest BCUT2D eigenvalue weighted by Crippen LogP contribution is -2.33. The van der Waals surface area contributed by atoms with Crippen molar-refractivity contribution >= 4 is 78.1 Å². The summed E-state index contributed by atoms with van der Waals surface area (Å²) in [5.41, 5.74) is 1.82. The van der Waals surface area contributed by atoms with Crippen molar-refractivity contribution in [3.05, 3.63) is 67.8 Å². The summed E-state index contributed by atoms with van der Waals surface area (Å²) in [6, 6.07) is 14.2. The summed E-state index contributed by atoms with van der Waals surface area (Å²) in [7, 11) is 0. The number of thiophene rings is 1. The molecule has 0 radical (unpaired) electrons. The van der Waals surface area contributed by atoms with E-state index in [0.29, 0.717) is 37.3 Å². The first-order valence-electron chi connectivity index (χ1n) is 10.1. The van der Waals surface area contributed by atoms with Crippen LogP contribution in [0.5, 0.6) is 0 Å². The number of thiocarbonyl (C=S) groups is 1. The zero-order chi connectivity index (χ0) is 22.4. The van der Waals surface area contributed by atoms with Crippen LogP contribution in [0.3, 0.4) is 0 Å². The molecule has 3 aromatic heterocycles. The van der Waals surface area contributed by atoms with Crippen molar-refractivity contribution in [3.8, 4) is 10.4 Å². The number of rotatable bonds is 4. The van der Waals surface area contributed by atoms with E-state index in [4.69, 9.17) is 16.6 Å². The van der Waals surface area contributed by atoms with Gasteiger partial charge in [0.05, 0.1) is 9.23 Å². The molecular formula is C23H18N2O3S4. The van der Waals surface area contributed by atoms with E-state index in [2.05, 4.69) is 12.1 Å². The Balaban J connectivity index is 1.59. The van der Waals surface area contributed by atoms with Gasteiger partial charge in [0.15, 0.2) is 0 Å². The maximum absolute atomic E-state index is 13.0. The van der Waals surface area contributed by atoms with Gasteiger partial charge < -0.3 is 4.42 Å². The van der Waals surface area contributed by atoms with E-state index < -0.39 is 0 Å². The van der Waals surface area contributed by atoms with Gasteiger partial charge in [-0.25, -0.2) is 0 Å². The van der Waals surface area contributed by atoms with Gasteiger partial charge >= 0.3 is 0 Å². The molecule has 1 saturated heterocycles. The van der Waals surface area contributed by atoms with Gasteiger partial charge in [-0.05, 0) is 19.4 Å². The SMILES string of the molecule is CCN1C(=O)/C(=c2\s/c(=C/c3cc4sc(-c5ccccc5)cc4o3)c(=O)n2CC)SC1=S. The number of nitrogens with zero attached hydrogens (tertiary/aromatic N) is 2. The topological polar surface area (TPSA) is 55.5 Å². The first-order valence-corrected chi connectivity index (χ1v) is 12.9. The van der Waals surface area contributed by atoms with Gasteiger partial charge in [0.25, 0.3) is 11.5 Å². The Kier molecular flexibility index (Phi) is 5.66. The highest BCUT2D eigenvalue weighted by atomic mass is 32.2.